The number of aromatic hydroxyl groups is 1. The summed E-state index contributed by atoms with van der Waals surface area (Å²) in [5.74, 6) is 0.135. The predicted octanol–water partition coefficient (Wildman–Crippen LogP) is 0.492. The van der Waals surface area contributed by atoms with Gasteiger partial charge in [-0.05, 0) is 17.7 Å². The first-order chi connectivity index (χ1) is 9.18. The van der Waals surface area contributed by atoms with Crippen LogP contribution in [0.4, 0.5) is 5.69 Å². The Hall–Kier alpha value is -2.14. The molecule has 3 rings (SSSR count). The van der Waals surface area contributed by atoms with Crippen LogP contribution >= 0.6 is 0 Å². The summed E-state index contributed by atoms with van der Waals surface area (Å²) in [6, 6.07) is 6.32. The number of phenolic OH excluding ortho intramolecular Hbond substituents is 1. The average molecular weight is 259 g/mol. The van der Waals surface area contributed by atoms with Crippen LogP contribution in [0.2, 0.25) is 0 Å². The lowest BCUT2D eigenvalue weighted by Crippen LogP contribution is -2.46. The number of ether oxygens (including phenoxy) is 1. The van der Waals surface area contributed by atoms with Crippen LogP contribution in [0.5, 0.6) is 5.75 Å². The van der Waals surface area contributed by atoms with E-state index in [-0.39, 0.29) is 5.75 Å². The molecule has 1 heterocycles. The van der Waals surface area contributed by atoms with Gasteiger partial charge in [0.25, 0.3) is 0 Å². The van der Waals surface area contributed by atoms with E-state index in [1.165, 1.54) is 12.1 Å². The molecule has 5 nitrogen and oxygen atoms in total. The normalized spacial score (nSPS) is 15.9. The Balaban J connectivity index is 2.02. The summed E-state index contributed by atoms with van der Waals surface area (Å²) < 4.78 is 5.24. The Labute approximate surface area is 109 Å². The molecule has 5 heteroatoms. The maximum absolute atomic E-state index is 11.8. The molecule has 0 aromatic heterocycles. The second-order valence-corrected chi connectivity index (χ2v) is 4.53. The quantitative estimate of drug-likeness (QED) is 0.795. The summed E-state index contributed by atoms with van der Waals surface area (Å²) in [5.41, 5.74) is 0.729. The van der Waals surface area contributed by atoms with E-state index in [0.717, 1.165) is 0 Å². The minimum atomic E-state index is -0.452. The Morgan fingerprint density at radius 1 is 1.00 bits per heavy atom. The van der Waals surface area contributed by atoms with Crippen molar-refractivity contribution in [1.29, 1.82) is 0 Å². The summed E-state index contributed by atoms with van der Waals surface area (Å²) in [6.07, 6.45) is 0. The predicted molar refractivity (Wildman–Crippen MR) is 71.5 cm³/mol. The molecule has 2 aromatic rings. The Kier molecular flexibility index (Phi) is 2.83. The smallest absolute Gasteiger partial charge is 0.250 e. The molecule has 0 unspecified atom stereocenters. The number of nitrogens with zero attached hydrogens (tertiary/aromatic N) is 1. The maximum atomic E-state index is 11.8. The van der Waals surface area contributed by atoms with Crippen LogP contribution in [-0.4, -0.2) is 31.4 Å². The number of morpholine rings is 1. The number of hydrogen-bond acceptors (Lipinski definition) is 5. The molecule has 0 radical (unpaired) electrons. The fraction of sp³-hybridized carbons (Fsp3) is 0.286. The zero-order valence-electron chi connectivity index (χ0n) is 10.3. The first-order valence-corrected chi connectivity index (χ1v) is 6.14. The van der Waals surface area contributed by atoms with E-state index in [2.05, 4.69) is 0 Å². The largest absolute Gasteiger partial charge is 0.508 e. The van der Waals surface area contributed by atoms with Gasteiger partial charge in [0.05, 0.1) is 18.8 Å². The highest BCUT2D eigenvalue weighted by molar-refractivity contribution is 5.82. The number of anilines is 1. The fourth-order valence-electron chi connectivity index (χ4n) is 2.36. The topological polar surface area (TPSA) is 66.8 Å². The van der Waals surface area contributed by atoms with Gasteiger partial charge in [-0.2, -0.15) is 0 Å². The van der Waals surface area contributed by atoms with E-state index in [1.54, 1.807) is 12.1 Å². The van der Waals surface area contributed by atoms with E-state index >= 15 is 0 Å². The number of hydrogen-bond donors (Lipinski definition) is 1. The Morgan fingerprint density at radius 3 is 2.26 bits per heavy atom. The van der Waals surface area contributed by atoms with Gasteiger partial charge in [0.2, 0.25) is 10.9 Å². The summed E-state index contributed by atoms with van der Waals surface area (Å²) >= 11 is 0. The lowest BCUT2D eigenvalue weighted by Gasteiger charge is -2.30. The zero-order valence-corrected chi connectivity index (χ0v) is 10.3. The third-order valence-corrected chi connectivity index (χ3v) is 3.37. The molecule has 0 bridgehead atoms. The number of rotatable bonds is 2. The van der Waals surface area contributed by atoms with Crippen LogP contribution in [0.25, 0.3) is 11.1 Å². The van der Waals surface area contributed by atoms with Crippen molar-refractivity contribution < 1.29 is 9.84 Å². The van der Waals surface area contributed by atoms with Crippen LogP contribution < -0.4 is 15.8 Å². The Morgan fingerprint density at radius 2 is 1.63 bits per heavy atom. The second kappa shape index (κ2) is 4.51. The van der Waals surface area contributed by atoms with Gasteiger partial charge in [-0.1, -0.05) is 12.1 Å². The third kappa shape index (κ3) is 1.92. The van der Waals surface area contributed by atoms with Gasteiger partial charge >= 0.3 is 0 Å². The van der Waals surface area contributed by atoms with Crippen molar-refractivity contribution in [2.24, 2.45) is 0 Å². The van der Waals surface area contributed by atoms with Crippen molar-refractivity contribution in [2.75, 3.05) is 31.2 Å². The highest BCUT2D eigenvalue weighted by Gasteiger charge is 2.27. The van der Waals surface area contributed by atoms with E-state index < -0.39 is 10.9 Å². The minimum absolute atomic E-state index is 0.135. The van der Waals surface area contributed by atoms with Gasteiger partial charge in [-0.25, -0.2) is 0 Å². The summed E-state index contributed by atoms with van der Waals surface area (Å²) in [5, 5.41) is 9.27. The van der Waals surface area contributed by atoms with Crippen molar-refractivity contribution in [3.63, 3.8) is 0 Å². The fourth-order valence-corrected chi connectivity index (χ4v) is 2.36. The van der Waals surface area contributed by atoms with E-state index in [4.69, 9.17) is 4.74 Å². The van der Waals surface area contributed by atoms with Crippen molar-refractivity contribution in [3.05, 3.63) is 44.7 Å². The molecule has 1 saturated heterocycles. The Bertz CT molecular complexity index is 662. The van der Waals surface area contributed by atoms with Gasteiger partial charge < -0.3 is 14.7 Å². The van der Waals surface area contributed by atoms with E-state index in [0.29, 0.717) is 43.1 Å². The van der Waals surface area contributed by atoms with Gasteiger partial charge in [0, 0.05) is 13.1 Å². The zero-order chi connectivity index (χ0) is 13.4. The molecular weight excluding hydrogens is 246 g/mol. The molecule has 19 heavy (non-hydrogen) atoms. The van der Waals surface area contributed by atoms with Crippen molar-refractivity contribution >= 4 is 5.69 Å². The summed E-state index contributed by atoms with van der Waals surface area (Å²) in [6.45, 7) is 2.37. The first kappa shape index (κ1) is 11.9. The minimum Gasteiger partial charge on any atom is -0.508 e. The van der Waals surface area contributed by atoms with Crippen LogP contribution in [-0.2, 0) is 4.74 Å². The van der Waals surface area contributed by atoms with Crippen LogP contribution in [0.1, 0.15) is 0 Å². The standard InChI is InChI=1S/C14H13NO4/c16-10-3-1-9(2-4-10)11-12(14(18)13(11)17)15-5-7-19-8-6-15/h1-4,16H,5-8H2. The van der Waals surface area contributed by atoms with Crippen LogP contribution in [0, 0.1) is 0 Å². The van der Waals surface area contributed by atoms with E-state index in [1.807, 2.05) is 4.90 Å². The molecule has 1 N–H and O–H groups in total. The van der Waals surface area contributed by atoms with Crippen molar-refractivity contribution in [3.8, 4) is 16.9 Å². The van der Waals surface area contributed by atoms with Gasteiger partial charge in [-0.3, -0.25) is 9.59 Å². The summed E-state index contributed by atoms with van der Waals surface area (Å²) in [7, 11) is 0. The number of phenols is 1. The highest BCUT2D eigenvalue weighted by atomic mass is 16.5. The molecule has 98 valence electrons. The number of benzene rings is 1. The first-order valence-electron chi connectivity index (χ1n) is 6.14. The van der Waals surface area contributed by atoms with Gasteiger partial charge in [0.1, 0.15) is 11.4 Å². The lowest BCUT2D eigenvalue weighted by atomic mass is 9.97. The summed E-state index contributed by atoms with van der Waals surface area (Å²) in [4.78, 5) is 25.4. The van der Waals surface area contributed by atoms with Crippen molar-refractivity contribution in [1.82, 2.24) is 0 Å². The molecule has 1 aliphatic heterocycles. The SMILES string of the molecule is O=c1c(-c2ccc(O)cc2)c(N2CCOCC2)c1=O. The van der Waals surface area contributed by atoms with Crippen LogP contribution in [0.15, 0.2) is 33.9 Å². The average Bonchev–Trinajstić information content (AvgIpc) is 2.46. The molecule has 0 spiro atoms. The van der Waals surface area contributed by atoms with Gasteiger partial charge in [-0.15, -0.1) is 0 Å². The molecule has 0 amide bonds. The molecule has 2 aromatic carbocycles. The maximum Gasteiger partial charge on any atom is 0.250 e. The van der Waals surface area contributed by atoms with Crippen molar-refractivity contribution in [2.45, 2.75) is 0 Å². The molecule has 1 aliphatic rings. The molecule has 0 aliphatic carbocycles. The molecule has 0 atom stereocenters. The molecular formula is C14H13NO4. The highest BCUT2D eigenvalue weighted by Crippen LogP contribution is 2.28. The van der Waals surface area contributed by atoms with Crippen LogP contribution in [0.3, 0.4) is 0 Å². The monoisotopic (exact) mass is 259 g/mol. The van der Waals surface area contributed by atoms with Gasteiger partial charge in [0.15, 0.2) is 0 Å². The molecule has 0 saturated carbocycles. The lowest BCUT2D eigenvalue weighted by molar-refractivity contribution is 0.122. The third-order valence-electron chi connectivity index (χ3n) is 3.37. The molecule has 1 fully saturated rings. The second-order valence-electron chi connectivity index (χ2n) is 4.53. The van der Waals surface area contributed by atoms with E-state index in [9.17, 15) is 14.7 Å².